The van der Waals surface area contributed by atoms with Crippen LogP contribution in [0.15, 0.2) is 30.5 Å². The Balaban J connectivity index is 2.57. The molecular weight excluding hydrogens is 176 g/mol. The Morgan fingerprint density at radius 2 is 2.21 bits per heavy atom. The number of para-hydroxylation sites is 1. The number of aromatic amines is 1. The van der Waals surface area contributed by atoms with Crippen LogP contribution in [0.25, 0.3) is 10.9 Å². The number of anilines is 1. The van der Waals surface area contributed by atoms with Crippen LogP contribution in [-0.4, -0.2) is 17.9 Å². The molecule has 3 heteroatoms. The van der Waals surface area contributed by atoms with E-state index >= 15 is 0 Å². The molecule has 1 N–H and O–H groups in total. The van der Waals surface area contributed by atoms with Gasteiger partial charge >= 0.3 is 6.41 Å². The minimum absolute atomic E-state index is 0.630. The van der Waals surface area contributed by atoms with Crippen LogP contribution in [-0.2, 0) is 4.79 Å². The summed E-state index contributed by atoms with van der Waals surface area (Å²) >= 11 is 0. The third-order valence-electron chi connectivity index (χ3n) is 2.28. The maximum absolute atomic E-state index is 10.7. The van der Waals surface area contributed by atoms with Crippen molar-refractivity contribution < 1.29 is 4.79 Å². The fourth-order valence-corrected chi connectivity index (χ4v) is 1.56. The topological polar surface area (TPSA) is 36.1 Å². The van der Waals surface area contributed by atoms with Crippen molar-refractivity contribution in [3.63, 3.8) is 0 Å². The van der Waals surface area contributed by atoms with Gasteiger partial charge in [0.15, 0.2) is 0 Å². The van der Waals surface area contributed by atoms with Gasteiger partial charge < -0.3 is 9.88 Å². The molecule has 1 aromatic carbocycles. The number of nitrogens with zero attached hydrogens (tertiary/aromatic N) is 1. The van der Waals surface area contributed by atoms with Gasteiger partial charge in [-0.2, -0.15) is 0 Å². The van der Waals surface area contributed by atoms with Crippen molar-refractivity contribution in [1.29, 1.82) is 0 Å². The second kappa shape index (κ2) is 3.54. The van der Waals surface area contributed by atoms with Gasteiger partial charge in [0.2, 0.25) is 0 Å². The lowest BCUT2D eigenvalue weighted by Gasteiger charge is -2.11. The molecule has 0 saturated heterocycles. The van der Waals surface area contributed by atoms with Gasteiger partial charge in [0.25, 0.3) is 0 Å². The van der Waals surface area contributed by atoms with E-state index in [0.717, 1.165) is 16.6 Å². The molecule has 1 heterocycles. The highest BCUT2D eigenvalue weighted by Crippen LogP contribution is 2.25. The summed E-state index contributed by atoms with van der Waals surface area (Å²) < 4.78 is 0. The molecule has 0 aliphatic heterocycles. The van der Waals surface area contributed by atoms with Gasteiger partial charge in [0, 0.05) is 23.6 Å². The van der Waals surface area contributed by atoms with Crippen molar-refractivity contribution in [3.05, 3.63) is 30.5 Å². The fourth-order valence-electron chi connectivity index (χ4n) is 1.56. The Morgan fingerprint density at radius 1 is 1.43 bits per heavy atom. The van der Waals surface area contributed by atoms with E-state index in [1.807, 2.05) is 43.8 Å². The molecule has 2 aromatic rings. The SMILES string of the molecule is CCN([C]=O)c1c[nH]c2ccccc12. The van der Waals surface area contributed by atoms with Gasteiger partial charge in [-0.15, -0.1) is 0 Å². The van der Waals surface area contributed by atoms with E-state index in [0.29, 0.717) is 6.54 Å². The predicted molar refractivity (Wildman–Crippen MR) is 57.0 cm³/mol. The molecule has 0 atom stereocenters. The highest BCUT2D eigenvalue weighted by atomic mass is 16.1. The third kappa shape index (κ3) is 1.27. The first kappa shape index (κ1) is 8.81. The fraction of sp³-hybridized carbons (Fsp3) is 0.182. The van der Waals surface area contributed by atoms with Crippen molar-refractivity contribution in [2.45, 2.75) is 6.92 Å². The lowest BCUT2D eigenvalue weighted by Crippen LogP contribution is -2.19. The van der Waals surface area contributed by atoms with Crippen LogP contribution in [0.5, 0.6) is 0 Å². The number of H-pyrrole nitrogens is 1. The molecule has 0 fully saturated rings. The molecule has 1 aromatic heterocycles. The molecule has 0 aliphatic carbocycles. The summed E-state index contributed by atoms with van der Waals surface area (Å²) in [6.07, 6.45) is 3.74. The van der Waals surface area contributed by atoms with Crippen molar-refractivity contribution in [2.24, 2.45) is 0 Å². The Hall–Kier alpha value is -1.77. The quantitative estimate of drug-likeness (QED) is 0.733. The molecule has 0 saturated carbocycles. The average Bonchev–Trinajstić information content (AvgIpc) is 2.65. The zero-order valence-corrected chi connectivity index (χ0v) is 7.95. The smallest absolute Gasteiger partial charge is 0.316 e. The summed E-state index contributed by atoms with van der Waals surface area (Å²) in [5.74, 6) is 0. The van der Waals surface area contributed by atoms with Crippen molar-refractivity contribution >= 4 is 23.0 Å². The van der Waals surface area contributed by atoms with E-state index in [4.69, 9.17) is 0 Å². The molecule has 0 aliphatic rings. The second-order valence-corrected chi connectivity index (χ2v) is 3.06. The molecule has 1 radical (unpaired) electrons. The zero-order valence-electron chi connectivity index (χ0n) is 7.95. The second-order valence-electron chi connectivity index (χ2n) is 3.06. The summed E-state index contributed by atoms with van der Waals surface area (Å²) in [6.45, 7) is 2.55. The molecular formula is C11H11N2O. The Bertz CT molecular complexity index is 447. The number of carbonyl (C=O) groups excluding carboxylic acids is 1. The largest absolute Gasteiger partial charge is 0.359 e. The van der Waals surface area contributed by atoms with Crippen molar-refractivity contribution in [1.82, 2.24) is 4.98 Å². The molecule has 0 spiro atoms. The van der Waals surface area contributed by atoms with Gasteiger partial charge in [0.1, 0.15) is 0 Å². The summed E-state index contributed by atoms with van der Waals surface area (Å²) in [5, 5.41) is 1.05. The summed E-state index contributed by atoms with van der Waals surface area (Å²) in [4.78, 5) is 15.3. The highest BCUT2D eigenvalue weighted by Gasteiger charge is 2.08. The lowest BCUT2D eigenvalue weighted by atomic mass is 10.2. The summed E-state index contributed by atoms with van der Waals surface area (Å²) in [7, 11) is 0. The maximum Gasteiger partial charge on any atom is 0.316 e. The van der Waals surface area contributed by atoms with Crippen molar-refractivity contribution in [2.75, 3.05) is 11.4 Å². The van der Waals surface area contributed by atoms with Gasteiger partial charge in [-0.05, 0) is 13.0 Å². The minimum atomic E-state index is 0.630. The van der Waals surface area contributed by atoms with Crippen molar-refractivity contribution in [3.8, 4) is 0 Å². The van der Waals surface area contributed by atoms with E-state index < -0.39 is 0 Å². The van der Waals surface area contributed by atoms with Gasteiger partial charge in [-0.25, -0.2) is 0 Å². The first-order chi connectivity index (χ1) is 6.86. The number of hydrogen-bond acceptors (Lipinski definition) is 1. The summed E-state index contributed by atoms with van der Waals surface area (Å²) in [6, 6.07) is 7.89. The van der Waals surface area contributed by atoms with E-state index in [9.17, 15) is 4.79 Å². The monoisotopic (exact) mass is 187 g/mol. The Kier molecular flexibility index (Phi) is 2.23. The number of fused-ring (bicyclic) bond motifs is 1. The average molecular weight is 187 g/mol. The number of amides is 1. The van der Waals surface area contributed by atoms with Crippen LogP contribution in [0.4, 0.5) is 5.69 Å². The maximum atomic E-state index is 10.7. The van der Waals surface area contributed by atoms with Crippen LogP contribution >= 0.6 is 0 Å². The predicted octanol–water partition coefficient (Wildman–Crippen LogP) is 2.06. The van der Waals surface area contributed by atoms with Crippen LogP contribution < -0.4 is 4.90 Å². The van der Waals surface area contributed by atoms with Crippen LogP contribution in [0.1, 0.15) is 6.92 Å². The standard InChI is InChI=1S/C11H11N2O/c1-2-13(8-14)11-7-12-10-6-4-3-5-9(10)11/h3-7,12H,2H2,1H3. The normalized spacial score (nSPS) is 10.4. The first-order valence-electron chi connectivity index (χ1n) is 4.58. The summed E-state index contributed by atoms with van der Waals surface area (Å²) in [5.41, 5.74) is 1.93. The van der Waals surface area contributed by atoms with E-state index in [2.05, 4.69) is 4.98 Å². The number of hydrogen-bond donors (Lipinski definition) is 1. The number of nitrogens with one attached hydrogen (secondary N) is 1. The van der Waals surface area contributed by atoms with Crippen LogP contribution in [0, 0.1) is 0 Å². The minimum Gasteiger partial charge on any atom is -0.359 e. The first-order valence-corrected chi connectivity index (χ1v) is 4.58. The zero-order chi connectivity index (χ0) is 9.97. The van der Waals surface area contributed by atoms with Gasteiger partial charge in [0.05, 0.1) is 5.69 Å². The lowest BCUT2D eigenvalue weighted by molar-refractivity contribution is 0.552. The molecule has 14 heavy (non-hydrogen) atoms. The number of benzene rings is 1. The number of aromatic nitrogens is 1. The van der Waals surface area contributed by atoms with E-state index in [-0.39, 0.29) is 0 Å². The molecule has 1 amide bonds. The van der Waals surface area contributed by atoms with Crippen LogP contribution in [0.2, 0.25) is 0 Å². The molecule has 71 valence electrons. The highest BCUT2D eigenvalue weighted by molar-refractivity contribution is 5.97. The van der Waals surface area contributed by atoms with Gasteiger partial charge in [-0.1, -0.05) is 18.2 Å². The van der Waals surface area contributed by atoms with E-state index in [1.165, 1.54) is 0 Å². The Labute approximate surface area is 82.3 Å². The number of rotatable bonds is 3. The molecule has 0 unspecified atom stereocenters. The Morgan fingerprint density at radius 3 is 2.93 bits per heavy atom. The molecule has 0 bridgehead atoms. The van der Waals surface area contributed by atoms with Crippen LogP contribution in [0.3, 0.4) is 0 Å². The molecule has 3 nitrogen and oxygen atoms in total. The molecule has 2 rings (SSSR count). The van der Waals surface area contributed by atoms with Gasteiger partial charge in [-0.3, -0.25) is 4.79 Å². The third-order valence-corrected chi connectivity index (χ3v) is 2.28. The van der Waals surface area contributed by atoms with E-state index in [1.54, 1.807) is 4.90 Å².